The van der Waals surface area contributed by atoms with Gasteiger partial charge >= 0.3 is 0 Å². The van der Waals surface area contributed by atoms with Gasteiger partial charge in [-0.3, -0.25) is 14.7 Å². The highest BCUT2D eigenvalue weighted by Crippen LogP contribution is 2.36. The van der Waals surface area contributed by atoms with Gasteiger partial charge in [-0.1, -0.05) is 29.5 Å². The fourth-order valence-electron chi connectivity index (χ4n) is 2.48. The first-order valence-corrected chi connectivity index (χ1v) is 9.54. The van der Waals surface area contributed by atoms with Crippen molar-refractivity contribution in [3.63, 3.8) is 0 Å². The Bertz CT molecular complexity index is 1010. The number of nitrogens with zero attached hydrogens (tertiary/aromatic N) is 4. The predicted octanol–water partition coefficient (Wildman–Crippen LogP) is 4.48. The van der Waals surface area contributed by atoms with E-state index in [1.807, 2.05) is 42.5 Å². The first kappa shape index (κ1) is 16.7. The molecule has 1 aliphatic rings. The average molecular weight is 378 g/mol. The second-order valence-corrected chi connectivity index (χ2v) is 7.47. The van der Waals surface area contributed by atoms with E-state index in [0.717, 1.165) is 15.8 Å². The van der Waals surface area contributed by atoms with Gasteiger partial charge in [0.1, 0.15) is 0 Å². The molecular weight excluding hydrogens is 364 g/mol. The molecule has 5 nitrogen and oxygen atoms in total. The van der Waals surface area contributed by atoms with Crippen molar-refractivity contribution in [3.05, 3.63) is 71.9 Å². The number of amides is 1. The van der Waals surface area contributed by atoms with Crippen LogP contribution in [0.15, 0.2) is 71.3 Å². The van der Waals surface area contributed by atoms with Gasteiger partial charge in [0.25, 0.3) is 5.91 Å². The molecule has 0 atom stereocenters. The zero-order valence-electron chi connectivity index (χ0n) is 13.7. The Morgan fingerprint density at radius 2 is 2.00 bits per heavy atom. The summed E-state index contributed by atoms with van der Waals surface area (Å²) in [5.74, 6) is -0.0772. The Hall–Kier alpha value is -2.77. The monoisotopic (exact) mass is 378 g/mol. The summed E-state index contributed by atoms with van der Waals surface area (Å²) in [5, 5.41) is 1.26. The number of amidine groups is 1. The van der Waals surface area contributed by atoms with E-state index in [1.165, 1.54) is 23.1 Å². The van der Waals surface area contributed by atoms with Crippen molar-refractivity contribution in [2.75, 3.05) is 6.54 Å². The van der Waals surface area contributed by atoms with Gasteiger partial charge in [-0.15, -0.1) is 6.58 Å². The van der Waals surface area contributed by atoms with E-state index >= 15 is 0 Å². The molecule has 1 aromatic carbocycles. The molecule has 0 N–H and O–H groups in total. The van der Waals surface area contributed by atoms with E-state index in [4.69, 9.17) is 0 Å². The summed E-state index contributed by atoms with van der Waals surface area (Å²) in [4.78, 5) is 28.2. The van der Waals surface area contributed by atoms with Crippen LogP contribution in [-0.4, -0.2) is 32.5 Å². The third kappa shape index (κ3) is 3.31. The van der Waals surface area contributed by atoms with Gasteiger partial charge in [-0.25, -0.2) is 4.98 Å². The molecule has 7 heteroatoms. The fourth-order valence-corrected chi connectivity index (χ4v) is 4.37. The van der Waals surface area contributed by atoms with Gasteiger partial charge in [-0.05, 0) is 47.7 Å². The highest BCUT2D eigenvalue weighted by molar-refractivity contribution is 8.18. The number of thioether (sulfide) groups is 1. The number of thiazole rings is 1. The lowest BCUT2D eigenvalue weighted by molar-refractivity contribution is -0.121. The minimum atomic E-state index is -0.0772. The van der Waals surface area contributed by atoms with Crippen LogP contribution >= 0.6 is 23.1 Å². The Balaban J connectivity index is 1.70. The number of aromatic nitrogens is 2. The van der Waals surface area contributed by atoms with Crippen LogP contribution in [0.1, 0.15) is 5.56 Å². The number of para-hydroxylation sites is 1. The maximum absolute atomic E-state index is 12.7. The number of hydrogen-bond donors (Lipinski definition) is 0. The van der Waals surface area contributed by atoms with Crippen LogP contribution in [0.4, 0.5) is 5.13 Å². The van der Waals surface area contributed by atoms with Crippen molar-refractivity contribution in [1.82, 2.24) is 14.9 Å². The maximum Gasteiger partial charge on any atom is 0.267 e. The molecule has 2 aromatic heterocycles. The van der Waals surface area contributed by atoms with E-state index in [-0.39, 0.29) is 5.91 Å². The Kier molecular flexibility index (Phi) is 4.64. The Labute approximate surface area is 158 Å². The van der Waals surface area contributed by atoms with E-state index in [9.17, 15) is 4.79 Å². The van der Waals surface area contributed by atoms with Crippen molar-refractivity contribution in [2.45, 2.75) is 0 Å². The number of benzene rings is 1. The third-order valence-corrected chi connectivity index (χ3v) is 5.61. The number of rotatable bonds is 4. The van der Waals surface area contributed by atoms with Gasteiger partial charge in [0.15, 0.2) is 5.17 Å². The quantitative estimate of drug-likeness (QED) is 0.496. The number of carbonyl (C=O) groups is 1. The molecule has 3 aromatic rings. The molecule has 128 valence electrons. The summed E-state index contributed by atoms with van der Waals surface area (Å²) in [6.45, 7) is 4.15. The second-order valence-electron chi connectivity index (χ2n) is 5.45. The van der Waals surface area contributed by atoms with Crippen LogP contribution in [0.3, 0.4) is 0 Å². The molecule has 0 saturated carbocycles. The lowest BCUT2D eigenvalue weighted by Gasteiger charge is -2.11. The lowest BCUT2D eigenvalue weighted by Crippen LogP contribution is -2.29. The Morgan fingerprint density at radius 1 is 1.19 bits per heavy atom. The highest BCUT2D eigenvalue weighted by atomic mass is 32.2. The Morgan fingerprint density at radius 3 is 2.77 bits per heavy atom. The SMILES string of the molecule is C=CCN1C(=O)/C(=C\c2ccncc2)S/C1=N\c1nc2ccccc2s1. The first-order valence-electron chi connectivity index (χ1n) is 7.91. The van der Waals surface area contributed by atoms with Gasteiger partial charge in [0.05, 0.1) is 15.1 Å². The normalized spacial score (nSPS) is 17.5. The summed E-state index contributed by atoms with van der Waals surface area (Å²) >= 11 is 2.86. The first-order chi connectivity index (χ1) is 12.7. The summed E-state index contributed by atoms with van der Waals surface area (Å²) in [6, 6.07) is 11.6. The van der Waals surface area contributed by atoms with E-state index in [2.05, 4.69) is 21.5 Å². The average Bonchev–Trinajstić information content (AvgIpc) is 3.19. The molecule has 1 fully saturated rings. The molecule has 0 bridgehead atoms. The standard InChI is InChI=1S/C19H14N4OS2/c1-2-11-23-17(24)16(12-13-7-9-20-10-8-13)26-19(23)22-18-21-14-5-3-4-6-15(14)25-18/h2-10,12H,1,11H2/b16-12+,22-19-. The molecule has 0 radical (unpaired) electrons. The molecule has 26 heavy (non-hydrogen) atoms. The zero-order valence-corrected chi connectivity index (χ0v) is 15.3. The fraction of sp³-hybridized carbons (Fsp3) is 0.0526. The van der Waals surface area contributed by atoms with E-state index < -0.39 is 0 Å². The van der Waals surface area contributed by atoms with Crippen molar-refractivity contribution in [3.8, 4) is 0 Å². The summed E-state index contributed by atoms with van der Waals surface area (Å²) in [6.07, 6.45) is 6.95. The number of carbonyl (C=O) groups excluding carboxylic acids is 1. The molecule has 1 saturated heterocycles. The number of aliphatic imine (C=N–C) groups is 1. The van der Waals surface area contributed by atoms with Crippen molar-refractivity contribution < 1.29 is 4.79 Å². The minimum absolute atomic E-state index is 0.0772. The predicted molar refractivity (Wildman–Crippen MR) is 108 cm³/mol. The van der Waals surface area contributed by atoms with Gasteiger partial charge in [-0.2, -0.15) is 4.99 Å². The smallest absolute Gasteiger partial charge is 0.267 e. The zero-order chi connectivity index (χ0) is 17.9. The van der Waals surface area contributed by atoms with Crippen molar-refractivity contribution in [2.24, 2.45) is 4.99 Å². The molecule has 3 heterocycles. The highest BCUT2D eigenvalue weighted by Gasteiger charge is 2.32. The van der Waals surface area contributed by atoms with Gasteiger partial charge in [0.2, 0.25) is 5.13 Å². The van der Waals surface area contributed by atoms with Gasteiger partial charge in [0, 0.05) is 18.9 Å². The minimum Gasteiger partial charge on any atom is -0.282 e. The van der Waals surface area contributed by atoms with Crippen LogP contribution in [0.25, 0.3) is 16.3 Å². The summed E-state index contributed by atoms with van der Waals surface area (Å²) < 4.78 is 1.07. The van der Waals surface area contributed by atoms with E-state index in [1.54, 1.807) is 23.4 Å². The van der Waals surface area contributed by atoms with Crippen LogP contribution in [0.2, 0.25) is 0 Å². The second kappa shape index (κ2) is 7.23. The molecular formula is C19H14N4OS2. The molecule has 1 amide bonds. The number of pyridine rings is 1. The van der Waals surface area contributed by atoms with Gasteiger partial charge < -0.3 is 0 Å². The largest absolute Gasteiger partial charge is 0.282 e. The summed E-state index contributed by atoms with van der Waals surface area (Å²) in [7, 11) is 0. The van der Waals surface area contributed by atoms with Crippen molar-refractivity contribution in [1.29, 1.82) is 0 Å². The molecule has 1 aliphatic heterocycles. The van der Waals surface area contributed by atoms with Crippen molar-refractivity contribution >= 4 is 55.6 Å². The van der Waals surface area contributed by atoms with Crippen LogP contribution in [0.5, 0.6) is 0 Å². The third-order valence-electron chi connectivity index (χ3n) is 3.68. The molecule has 4 rings (SSSR count). The molecule has 0 aliphatic carbocycles. The number of fused-ring (bicyclic) bond motifs is 1. The van der Waals surface area contributed by atoms with E-state index in [0.29, 0.717) is 21.7 Å². The van der Waals surface area contributed by atoms with Crippen LogP contribution in [-0.2, 0) is 4.79 Å². The maximum atomic E-state index is 12.7. The lowest BCUT2D eigenvalue weighted by atomic mass is 10.2. The topological polar surface area (TPSA) is 58.5 Å². The molecule has 0 spiro atoms. The number of hydrogen-bond acceptors (Lipinski definition) is 6. The molecule has 0 unspecified atom stereocenters. The summed E-state index contributed by atoms with van der Waals surface area (Å²) in [5.41, 5.74) is 1.84. The van der Waals surface area contributed by atoms with Crippen LogP contribution in [0, 0.1) is 0 Å². The van der Waals surface area contributed by atoms with Crippen LogP contribution < -0.4 is 0 Å².